The van der Waals surface area contributed by atoms with Crippen molar-refractivity contribution in [3.05, 3.63) is 34.9 Å². The van der Waals surface area contributed by atoms with Crippen LogP contribution in [-0.2, 0) is 23.7 Å². The third-order valence-corrected chi connectivity index (χ3v) is 5.45. The predicted octanol–water partition coefficient (Wildman–Crippen LogP) is 4.87. The molecule has 28 heavy (non-hydrogen) atoms. The maximum Gasteiger partial charge on any atom is 0.416 e. The molecule has 1 amide bonds. The lowest BCUT2D eigenvalue weighted by Gasteiger charge is -2.32. The van der Waals surface area contributed by atoms with Gasteiger partial charge >= 0.3 is 12.4 Å². The van der Waals surface area contributed by atoms with E-state index in [1.807, 2.05) is 13.8 Å². The van der Waals surface area contributed by atoms with Crippen molar-refractivity contribution in [1.29, 1.82) is 0 Å². The van der Waals surface area contributed by atoms with Crippen molar-refractivity contribution >= 4 is 5.91 Å². The fraction of sp³-hybridized carbons (Fsp3) is 0.632. The van der Waals surface area contributed by atoms with Gasteiger partial charge in [0, 0.05) is 19.7 Å². The van der Waals surface area contributed by atoms with Crippen LogP contribution in [0, 0.1) is 11.3 Å². The van der Waals surface area contributed by atoms with E-state index in [-0.39, 0.29) is 43.2 Å². The summed E-state index contributed by atoms with van der Waals surface area (Å²) in [6.07, 6.45) is -8.57. The van der Waals surface area contributed by atoms with Gasteiger partial charge in [-0.15, -0.1) is 0 Å². The van der Waals surface area contributed by atoms with Gasteiger partial charge in [-0.25, -0.2) is 0 Å². The van der Waals surface area contributed by atoms with Crippen molar-refractivity contribution < 1.29 is 36.2 Å². The fourth-order valence-corrected chi connectivity index (χ4v) is 3.79. The molecule has 1 atom stereocenters. The van der Waals surface area contributed by atoms with E-state index in [0.29, 0.717) is 31.4 Å². The van der Waals surface area contributed by atoms with Crippen molar-refractivity contribution in [2.45, 2.75) is 52.0 Å². The molecule has 9 heteroatoms. The second-order valence-electron chi connectivity index (χ2n) is 7.53. The Morgan fingerprint density at radius 2 is 1.61 bits per heavy atom. The number of rotatable bonds is 6. The summed E-state index contributed by atoms with van der Waals surface area (Å²) in [4.78, 5) is 14.3. The molecule has 0 aromatic heterocycles. The third-order valence-electron chi connectivity index (χ3n) is 5.45. The van der Waals surface area contributed by atoms with Crippen LogP contribution in [0.3, 0.4) is 0 Å². The van der Waals surface area contributed by atoms with Gasteiger partial charge in [0.05, 0.1) is 16.5 Å². The Kier molecular flexibility index (Phi) is 6.37. The molecule has 1 N–H and O–H groups in total. The van der Waals surface area contributed by atoms with E-state index in [1.165, 1.54) is 4.90 Å². The first-order valence-corrected chi connectivity index (χ1v) is 9.00. The average Bonchev–Trinajstić information content (AvgIpc) is 2.88. The normalized spacial score (nSPS) is 21.1. The summed E-state index contributed by atoms with van der Waals surface area (Å²) in [6, 6.07) is 1.40. The van der Waals surface area contributed by atoms with Gasteiger partial charge in [0.1, 0.15) is 0 Å². The number of amides is 1. The average molecular weight is 411 g/mol. The van der Waals surface area contributed by atoms with Crippen LogP contribution in [0.25, 0.3) is 0 Å². The highest BCUT2D eigenvalue weighted by molar-refractivity contribution is 5.85. The van der Waals surface area contributed by atoms with Crippen molar-refractivity contribution in [2.75, 3.05) is 13.2 Å². The van der Waals surface area contributed by atoms with Crippen LogP contribution in [0.5, 0.6) is 0 Å². The van der Waals surface area contributed by atoms with Crippen LogP contribution in [-0.4, -0.2) is 29.1 Å². The highest BCUT2D eigenvalue weighted by Gasteiger charge is 2.48. The zero-order valence-corrected chi connectivity index (χ0v) is 15.6. The number of likely N-dealkylation sites (tertiary alicyclic amines) is 1. The lowest BCUT2D eigenvalue weighted by molar-refractivity contribution is -0.143. The van der Waals surface area contributed by atoms with E-state index in [4.69, 9.17) is 5.11 Å². The molecule has 1 fully saturated rings. The van der Waals surface area contributed by atoms with Crippen LogP contribution >= 0.6 is 0 Å². The van der Waals surface area contributed by atoms with E-state index in [2.05, 4.69) is 0 Å². The molecule has 0 saturated carbocycles. The maximum absolute atomic E-state index is 13.0. The smallest absolute Gasteiger partial charge is 0.396 e. The number of halogens is 6. The molecule has 0 radical (unpaired) electrons. The van der Waals surface area contributed by atoms with Gasteiger partial charge in [-0.2, -0.15) is 26.3 Å². The van der Waals surface area contributed by atoms with Gasteiger partial charge in [-0.1, -0.05) is 13.8 Å². The molecule has 0 bridgehead atoms. The Bertz CT molecular complexity index is 681. The highest BCUT2D eigenvalue weighted by Crippen LogP contribution is 2.44. The fourth-order valence-electron chi connectivity index (χ4n) is 3.79. The molecule has 3 nitrogen and oxygen atoms in total. The van der Waals surface area contributed by atoms with E-state index >= 15 is 0 Å². The molecular formula is C19H23F6NO2. The van der Waals surface area contributed by atoms with Gasteiger partial charge in [-0.05, 0) is 48.9 Å². The van der Waals surface area contributed by atoms with E-state index in [1.54, 1.807) is 0 Å². The predicted molar refractivity (Wildman–Crippen MR) is 90.1 cm³/mol. The van der Waals surface area contributed by atoms with Crippen LogP contribution in [0.15, 0.2) is 18.2 Å². The van der Waals surface area contributed by atoms with E-state index in [0.717, 1.165) is 0 Å². The zero-order valence-electron chi connectivity index (χ0n) is 15.6. The molecule has 0 spiro atoms. The maximum atomic E-state index is 13.0. The molecule has 1 aromatic rings. The van der Waals surface area contributed by atoms with Crippen LogP contribution in [0.4, 0.5) is 26.3 Å². The second kappa shape index (κ2) is 7.93. The highest BCUT2D eigenvalue weighted by atomic mass is 19.4. The first kappa shape index (κ1) is 22.5. The molecule has 1 aliphatic heterocycles. The Hall–Kier alpha value is -1.77. The molecule has 0 aliphatic carbocycles. The molecule has 1 unspecified atom stereocenters. The molecule has 2 rings (SSSR count). The summed E-state index contributed by atoms with van der Waals surface area (Å²) < 4.78 is 78.1. The number of carbonyl (C=O) groups is 1. The summed E-state index contributed by atoms with van der Waals surface area (Å²) in [6.45, 7) is 3.54. The number of aliphatic hydroxyl groups is 1. The number of benzene rings is 1. The number of nitrogens with zero attached hydrogens (tertiary/aromatic N) is 1. The lowest BCUT2D eigenvalue weighted by atomic mass is 9.72. The first-order chi connectivity index (χ1) is 12.8. The standard InChI is InChI=1S/C19H23F6NO2/c1-12(2)17(4-3-7-27)5-6-26(16(17)28)11-13-8-14(18(20,21)22)10-15(9-13)19(23,24)25/h8-10,12,27H,3-7,11H2,1-2H3. The molecule has 1 saturated heterocycles. The number of hydrogen-bond donors (Lipinski definition) is 1. The van der Waals surface area contributed by atoms with E-state index in [9.17, 15) is 31.1 Å². The number of alkyl halides is 6. The summed E-state index contributed by atoms with van der Waals surface area (Å²) in [7, 11) is 0. The summed E-state index contributed by atoms with van der Waals surface area (Å²) in [5.41, 5.74) is -3.74. The molecule has 1 aliphatic rings. The van der Waals surface area contributed by atoms with E-state index < -0.39 is 28.9 Å². The first-order valence-electron chi connectivity index (χ1n) is 9.00. The quantitative estimate of drug-likeness (QED) is 0.679. The van der Waals surface area contributed by atoms with Crippen molar-refractivity contribution in [2.24, 2.45) is 11.3 Å². The molecular weight excluding hydrogens is 388 g/mol. The number of hydrogen-bond acceptors (Lipinski definition) is 2. The third kappa shape index (κ3) is 4.61. The van der Waals surface area contributed by atoms with Gasteiger partial charge in [-0.3, -0.25) is 4.79 Å². The van der Waals surface area contributed by atoms with Gasteiger partial charge in [0.25, 0.3) is 0 Å². The summed E-state index contributed by atoms with van der Waals surface area (Å²) in [5.74, 6) is -0.356. The SMILES string of the molecule is CC(C)C1(CCCO)CCN(Cc2cc(C(F)(F)F)cc(C(F)(F)F)c2)C1=O. The van der Waals surface area contributed by atoms with Crippen LogP contribution < -0.4 is 0 Å². The minimum absolute atomic E-state index is 0.0659. The Balaban J connectivity index is 2.34. The molecule has 1 aromatic carbocycles. The Morgan fingerprint density at radius 3 is 2.04 bits per heavy atom. The monoisotopic (exact) mass is 411 g/mol. The summed E-state index contributed by atoms with van der Waals surface area (Å²) >= 11 is 0. The van der Waals surface area contributed by atoms with Crippen molar-refractivity contribution in [3.8, 4) is 0 Å². The van der Waals surface area contributed by atoms with Crippen molar-refractivity contribution in [1.82, 2.24) is 4.90 Å². The summed E-state index contributed by atoms with van der Waals surface area (Å²) in [5, 5.41) is 9.09. The van der Waals surface area contributed by atoms with Gasteiger partial charge in [0.2, 0.25) is 5.91 Å². The van der Waals surface area contributed by atoms with Gasteiger partial charge < -0.3 is 10.0 Å². The van der Waals surface area contributed by atoms with Crippen LogP contribution in [0.2, 0.25) is 0 Å². The lowest BCUT2D eigenvalue weighted by Crippen LogP contribution is -2.38. The number of carbonyl (C=O) groups excluding carboxylic acids is 1. The molecule has 1 heterocycles. The Morgan fingerprint density at radius 1 is 1.07 bits per heavy atom. The van der Waals surface area contributed by atoms with Crippen molar-refractivity contribution in [3.63, 3.8) is 0 Å². The Labute approximate surface area is 159 Å². The zero-order chi connectivity index (χ0) is 21.3. The second-order valence-corrected chi connectivity index (χ2v) is 7.53. The largest absolute Gasteiger partial charge is 0.416 e. The topological polar surface area (TPSA) is 40.5 Å². The minimum Gasteiger partial charge on any atom is -0.396 e. The van der Waals surface area contributed by atoms with Gasteiger partial charge in [0.15, 0.2) is 0 Å². The van der Waals surface area contributed by atoms with Crippen LogP contribution in [0.1, 0.15) is 49.8 Å². The number of aliphatic hydroxyl groups excluding tert-OH is 1. The molecule has 158 valence electrons. The minimum atomic E-state index is -4.92.